The summed E-state index contributed by atoms with van der Waals surface area (Å²) in [7, 11) is 3.20. The van der Waals surface area contributed by atoms with Crippen LogP contribution in [-0.4, -0.2) is 49.1 Å². The number of benzene rings is 3. The number of aryl methyl sites for hydroxylation is 2. The Morgan fingerprint density at radius 1 is 1.02 bits per heavy atom. The number of hydrogen-bond acceptors (Lipinski definition) is 6. The molecule has 3 aromatic carbocycles. The molecule has 40 heavy (non-hydrogen) atoms. The molecule has 0 aliphatic rings. The molecule has 1 aromatic heterocycles. The first-order valence-electron chi connectivity index (χ1n) is 12.5. The molecular weight excluding hydrogens is 553 g/mol. The van der Waals surface area contributed by atoms with Crippen molar-refractivity contribution < 1.29 is 19.1 Å². The number of aromatic nitrogens is 2. The topological polar surface area (TPSA) is 123 Å². The molecule has 4 N–H and O–H groups in total. The van der Waals surface area contributed by atoms with Crippen LogP contribution in [-0.2, 0) is 0 Å². The molecule has 0 saturated heterocycles. The van der Waals surface area contributed by atoms with E-state index in [1.165, 1.54) is 7.11 Å². The van der Waals surface area contributed by atoms with Crippen molar-refractivity contribution >= 4 is 59.0 Å². The van der Waals surface area contributed by atoms with Crippen molar-refractivity contribution in [1.82, 2.24) is 9.97 Å². The van der Waals surface area contributed by atoms with E-state index in [-0.39, 0.29) is 36.6 Å². The molecule has 0 unspecified atom stereocenters. The van der Waals surface area contributed by atoms with Crippen LogP contribution in [0.2, 0.25) is 0 Å². The third-order valence-corrected chi connectivity index (χ3v) is 6.21. The number of H-pyrrole nitrogens is 1. The van der Waals surface area contributed by atoms with E-state index in [0.29, 0.717) is 52.7 Å². The predicted octanol–water partition coefficient (Wildman–Crippen LogP) is 5.68. The van der Waals surface area contributed by atoms with E-state index < -0.39 is 0 Å². The number of rotatable bonds is 10. The largest absolute Gasteiger partial charge is 0.495 e. The number of halogens is 2. The molecule has 2 amide bonds. The minimum Gasteiger partial charge on any atom is -0.495 e. The highest BCUT2D eigenvalue weighted by Crippen LogP contribution is 2.32. The zero-order valence-corrected chi connectivity index (χ0v) is 24.6. The molecule has 11 heteroatoms. The lowest BCUT2D eigenvalue weighted by Crippen LogP contribution is -2.27. The molecule has 0 aliphatic heterocycles. The van der Waals surface area contributed by atoms with Crippen LogP contribution >= 0.6 is 24.8 Å². The van der Waals surface area contributed by atoms with Gasteiger partial charge in [-0.25, -0.2) is 4.98 Å². The molecule has 0 spiro atoms. The summed E-state index contributed by atoms with van der Waals surface area (Å²) in [6.07, 6.45) is 1.70. The van der Waals surface area contributed by atoms with E-state index in [2.05, 4.69) is 15.3 Å². The maximum Gasteiger partial charge on any atom is 0.258 e. The van der Waals surface area contributed by atoms with Crippen LogP contribution in [0.3, 0.4) is 0 Å². The number of para-hydroxylation sites is 1. The highest BCUT2D eigenvalue weighted by molar-refractivity contribution is 6.12. The van der Waals surface area contributed by atoms with Crippen molar-refractivity contribution in [3.63, 3.8) is 0 Å². The number of amides is 2. The lowest BCUT2D eigenvalue weighted by Gasteiger charge is -2.22. The van der Waals surface area contributed by atoms with Gasteiger partial charge in [0, 0.05) is 12.6 Å². The number of imidazole rings is 1. The van der Waals surface area contributed by atoms with Gasteiger partial charge in [-0.15, -0.1) is 24.8 Å². The van der Waals surface area contributed by atoms with Crippen molar-refractivity contribution in [2.75, 3.05) is 37.5 Å². The quantitative estimate of drug-likeness (QED) is 0.205. The number of aromatic amines is 1. The average molecular weight is 589 g/mol. The number of fused-ring (bicyclic) bond motifs is 1. The van der Waals surface area contributed by atoms with Crippen molar-refractivity contribution in [2.45, 2.75) is 26.7 Å². The van der Waals surface area contributed by atoms with Crippen LogP contribution in [0, 0.1) is 13.8 Å². The average Bonchev–Trinajstić information content (AvgIpc) is 3.30. The molecular formula is C29H35Cl2N5O4. The third-order valence-electron chi connectivity index (χ3n) is 6.21. The highest BCUT2D eigenvalue weighted by Gasteiger charge is 2.20. The van der Waals surface area contributed by atoms with Crippen LogP contribution < -0.4 is 25.4 Å². The summed E-state index contributed by atoms with van der Waals surface area (Å²) in [6.45, 7) is 4.94. The Hall–Kier alpha value is -3.79. The summed E-state index contributed by atoms with van der Waals surface area (Å²) in [6, 6.07) is 16.0. The van der Waals surface area contributed by atoms with E-state index in [1.54, 1.807) is 42.3 Å². The maximum atomic E-state index is 13.4. The van der Waals surface area contributed by atoms with Gasteiger partial charge in [-0.2, -0.15) is 0 Å². The van der Waals surface area contributed by atoms with Gasteiger partial charge < -0.3 is 30.4 Å². The van der Waals surface area contributed by atoms with E-state index in [0.717, 1.165) is 29.7 Å². The number of ether oxygens (including phenoxy) is 2. The van der Waals surface area contributed by atoms with Gasteiger partial charge in [-0.05, 0) is 81.3 Å². The van der Waals surface area contributed by atoms with E-state index >= 15 is 0 Å². The van der Waals surface area contributed by atoms with Gasteiger partial charge in [0.05, 0.1) is 36.2 Å². The summed E-state index contributed by atoms with van der Waals surface area (Å²) in [5.41, 5.74) is 9.93. The fourth-order valence-electron chi connectivity index (χ4n) is 4.20. The van der Waals surface area contributed by atoms with Crippen LogP contribution in [0.5, 0.6) is 11.5 Å². The Labute approximate surface area is 246 Å². The monoisotopic (exact) mass is 587 g/mol. The van der Waals surface area contributed by atoms with Crippen LogP contribution in [0.1, 0.15) is 44.9 Å². The summed E-state index contributed by atoms with van der Waals surface area (Å²) in [5.74, 6) is 1.16. The first-order valence-corrected chi connectivity index (χ1v) is 12.5. The molecule has 0 radical (unpaired) electrons. The van der Waals surface area contributed by atoms with Gasteiger partial charge in [0.1, 0.15) is 22.8 Å². The number of carbonyl (C=O) groups is 2. The zero-order chi connectivity index (χ0) is 27.2. The molecule has 0 aliphatic carbocycles. The molecule has 0 fully saturated rings. The first-order chi connectivity index (χ1) is 18.3. The Bertz CT molecular complexity index is 1470. The second kappa shape index (κ2) is 14.6. The Balaban J connectivity index is 0.00000280. The fraction of sp³-hybridized carbons (Fsp3) is 0.276. The summed E-state index contributed by atoms with van der Waals surface area (Å²) >= 11 is 0. The van der Waals surface area contributed by atoms with Crippen molar-refractivity contribution in [2.24, 2.45) is 5.73 Å². The van der Waals surface area contributed by atoms with Gasteiger partial charge in [0.2, 0.25) is 0 Å². The zero-order valence-electron chi connectivity index (χ0n) is 22.9. The minimum atomic E-state index is -0.326. The first kappa shape index (κ1) is 32.4. The van der Waals surface area contributed by atoms with Gasteiger partial charge >= 0.3 is 0 Å². The van der Waals surface area contributed by atoms with Gasteiger partial charge in [-0.3, -0.25) is 9.59 Å². The summed E-state index contributed by atoms with van der Waals surface area (Å²) < 4.78 is 11.5. The van der Waals surface area contributed by atoms with Gasteiger partial charge in [-0.1, -0.05) is 12.1 Å². The number of hydrogen-bond donors (Lipinski definition) is 3. The molecule has 0 atom stereocenters. The van der Waals surface area contributed by atoms with Crippen molar-refractivity contribution in [3.05, 3.63) is 77.1 Å². The van der Waals surface area contributed by atoms with E-state index in [9.17, 15) is 9.59 Å². The molecule has 0 saturated carbocycles. The highest BCUT2D eigenvalue weighted by atomic mass is 35.5. The lowest BCUT2D eigenvalue weighted by molar-refractivity contribution is 0.0990. The molecule has 4 rings (SSSR count). The van der Waals surface area contributed by atoms with E-state index in [4.69, 9.17) is 15.2 Å². The standard InChI is InChI=1S/C29H33N5O4.2ClH/c1-18-10-13-24(26(16-18)38-15-6-5-14-30)34(3)29(36)20-11-12-22(25(17-20)37-4)33-28(35)21-8-7-9-23-27(21)32-19(2)31-23;;/h7-13,16-17H,5-6,14-15,30H2,1-4H3,(H,31,32)(H,33,35);2*1H. The molecule has 4 aromatic rings. The van der Waals surface area contributed by atoms with Crippen molar-refractivity contribution in [3.8, 4) is 11.5 Å². The Morgan fingerprint density at radius 2 is 1.80 bits per heavy atom. The van der Waals surface area contributed by atoms with Crippen LogP contribution in [0.25, 0.3) is 11.0 Å². The van der Waals surface area contributed by atoms with Crippen LogP contribution in [0.15, 0.2) is 54.6 Å². The molecule has 1 heterocycles. The summed E-state index contributed by atoms with van der Waals surface area (Å²) in [5, 5.41) is 2.88. The second-order valence-corrected chi connectivity index (χ2v) is 9.07. The number of unbranched alkanes of at least 4 members (excludes halogenated alkanes) is 1. The Morgan fingerprint density at radius 3 is 2.52 bits per heavy atom. The number of nitrogens with zero attached hydrogens (tertiary/aromatic N) is 2. The normalized spacial score (nSPS) is 10.3. The molecule has 214 valence electrons. The number of carbonyl (C=O) groups excluding carboxylic acids is 2. The fourth-order valence-corrected chi connectivity index (χ4v) is 4.20. The molecule has 9 nitrogen and oxygen atoms in total. The summed E-state index contributed by atoms with van der Waals surface area (Å²) in [4.78, 5) is 35.6. The number of nitrogens with two attached hydrogens (primary N) is 1. The smallest absolute Gasteiger partial charge is 0.258 e. The predicted molar refractivity (Wildman–Crippen MR) is 164 cm³/mol. The third kappa shape index (κ3) is 7.24. The van der Waals surface area contributed by atoms with Gasteiger partial charge in [0.25, 0.3) is 11.8 Å². The molecule has 0 bridgehead atoms. The SMILES string of the molecule is COc1cc(C(=O)N(C)c2ccc(C)cc2OCCCCN)ccc1NC(=O)c1cccc2[nH]c(C)nc12.Cl.Cl. The van der Waals surface area contributed by atoms with Gasteiger partial charge in [0.15, 0.2) is 0 Å². The maximum absolute atomic E-state index is 13.4. The minimum absolute atomic E-state index is 0. The number of nitrogens with one attached hydrogen (secondary N) is 2. The lowest BCUT2D eigenvalue weighted by atomic mass is 10.1. The van der Waals surface area contributed by atoms with E-state index in [1.807, 2.05) is 38.1 Å². The van der Waals surface area contributed by atoms with Crippen molar-refractivity contribution in [1.29, 1.82) is 0 Å². The second-order valence-electron chi connectivity index (χ2n) is 9.07. The van der Waals surface area contributed by atoms with Crippen LogP contribution in [0.4, 0.5) is 11.4 Å². The number of methoxy groups -OCH3 is 1. The Kier molecular flexibility index (Phi) is 11.8. The number of anilines is 2.